The standard InChI is InChI=1S/C25H21F3N2O3/c1-24(19-10-5-8-16(13-19)17-9-6-11-20(14-17)32-2)15-18-7-3-4-12-21(18)22(29-24)30-33-23(31)25(26,27)28/h3-14H,15H2,1-2H3,(H,29,30). The number of rotatable bonds is 3. The summed E-state index contributed by atoms with van der Waals surface area (Å²) in [5.41, 5.74) is 5.53. The van der Waals surface area contributed by atoms with Gasteiger partial charge in [0.2, 0.25) is 0 Å². The number of nitrogens with zero attached hydrogens (tertiary/aromatic N) is 1. The van der Waals surface area contributed by atoms with Crippen molar-refractivity contribution in [3.8, 4) is 16.9 Å². The van der Waals surface area contributed by atoms with E-state index in [1.165, 1.54) is 0 Å². The van der Waals surface area contributed by atoms with Gasteiger partial charge in [-0.05, 0) is 47.4 Å². The van der Waals surface area contributed by atoms with Crippen molar-refractivity contribution >= 4 is 11.8 Å². The number of alkyl halides is 3. The molecule has 0 spiro atoms. The fourth-order valence-electron chi connectivity index (χ4n) is 3.86. The normalized spacial score (nSPS) is 17.5. The number of amidine groups is 1. The van der Waals surface area contributed by atoms with Gasteiger partial charge in [0.25, 0.3) is 0 Å². The third kappa shape index (κ3) is 4.69. The number of aliphatic imine (C=N–C) groups is 1. The minimum atomic E-state index is -5.11. The summed E-state index contributed by atoms with van der Waals surface area (Å²) < 4.78 is 43.2. The van der Waals surface area contributed by atoms with Crippen LogP contribution in [0.25, 0.3) is 11.1 Å². The van der Waals surface area contributed by atoms with Crippen molar-refractivity contribution < 1.29 is 27.5 Å². The summed E-state index contributed by atoms with van der Waals surface area (Å²) in [6.45, 7) is 1.89. The van der Waals surface area contributed by atoms with Crippen LogP contribution in [-0.4, -0.2) is 25.1 Å². The Morgan fingerprint density at radius 3 is 2.42 bits per heavy atom. The van der Waals surface area contributed by atoms with Crippen LogP contribution in [0.15, 0.2) is 77.8 Å². The van der Waals surface area contributed by atoms with Gasteiger partial charge in [0, 0.05) is 12.0 Å². The van der Waals surface area contributed by atoms with Gasteiger partial charge in [0.1, 0.15) is 5.75 Å². The highest BCUT2D eigenvalue weighted by atomic mass is 19.4. The maximum Gasteiger partial charge on any atom is 0.493 e. The van der Waals surface area contributed by atoms with Crippen molar-refractivity contribution in [3.63, 3.8) is 0 Å². The summed E-state index contributed by atoms with van der Waals surface area (Å²) >= 11 is 0. The second-order valence-corrected chi connectivity index (χ2v) is 7.87. The number of carbonyl (C=O) groups excluding carboxylic acids is 1. The number of nitrogens with one attached hydrogen (secondary N) is 1. The van der Waals surface area contributed by atoms with Crippen LogP contribution >= 0.6 is 0 Å². The molecule has 8 heteroatoms. The van der Waals surface area contributed by atoms with Crippen LogP contribution in [-0.2, 0) is 21.6 Å². The summed E-state index contributed by atoms with van der Waals surface area (Å²) in [5, 5.41) is 0. The van der Waals surface area contributed by atoms with Crippen LogP contribution in [0.1, 0.15) is 23.6 Å². The largest absolute Gasteiger partial charge is 0.497 e. The van der Waals surface area contributed by atoms with Crippen molar-refractivity contribution in [1.82, 2.24) is 5.48 Å². The van der Waals surface area contributed by atoms with E-state index in [1.54, 1.807) is 19.2 Å². The van der Waals surface area contributed by atoms with Gasteiger partial charge in [-0.3, -0.25) is 4.99 Å². The lowest BCUT2D eigenvalue weighted by atomic mass is 9.81. The van der Waals surface area contributed by atoms with E-state index in [0.717, 1.165) is 28.0 Å². The lowest BCUT2D eigenvalue weighted by Crippen LogP contribution is -2.39. The summed E-state index contributed by atoms with van der Waals surface area (Å²) in [7, 11) is 1.60. The Labute approximate surface area is 188 Å². The second-order valence-electron chi connectivity index (χ2n) is 7.87. The topological polar surface area (TPSA) is 59.9 Å². The number of carbonyl (C=O) groups is 1. The lowest BCUT2D eigenvalue weighted by Gasteiger charge is -2.33. The number of fused-ring (bicyclic) bond motifs is 1. The minimum absolute atomic E-state index is 0.0590. The molecule has 0 radical (unpaired) electrons. The Morgan fingerprint density at radius 2 is 1.70 bits per heavy atom. The molecule has 1 aliphatic rings. The Kier molecular flexibility index (Phi) is 5.84. The fraction of sp³-hybridized carbons (Fsp3) is 0.200. The monoisotopic (exact) mass is 454 g/mol. The van der Waals surface area contributed by atoms with E-state index in [1.807, 2.05) is 67.6 Å². The van der Waals surface area contributed by atoms with Crippen molar-refractivity contribution in [2.45, 2.75) is 25.1 Å². The van der Waals surface area contributed by atoms with Crippen LogP contribution in [0.5, 0.6) is 5.75 Å². The molecule has 0 saturated heterocycles. The van der Waals surface area contributed by atoms with E-state index >= 15 is 0 Å². The number of ether oxygens (including phenoxy) is 1. The number of hydroxylamine groups is 1. The summed E-state index contributed by atoms with van der Waals surface area (Å²) in [4.78, 5) is 20.2. The molecule has 3 aromatic rings. The first-order valence-electron chi connectivity index (χ1n) is 10.2. The molecule has 3 aromatic carbocycles. The molecule has 1 unspecified atom stereocenters. The predicted octanol–water partition coefficient (Wildman–Crippen LogP) is 5.19. The van der Waals surface area contributed by atoms with Gasteiger partial charge in [0.05, 0.1) is 12.6 Å². The molecule has 0 aliphatic carbocycles. The maximum absolute atomic E-state index is 12.6. The number of hydrogen-bond donors (Lipinski definition) is 1. The highest BCUT2D eigenvalue weighted by Gasteiger charge is 2.42. The van der Waals surface area contributed by atoms with Crippen LogP contribution < -0.4 is 10.2 Å². The van der Waals surface area contributed by atoms with Crippen molar-refractivity contribution in [2.24, 2.45) is 4.99 Å². The van der Waals surface area contributed by atoms with Crippen LogP contribution in [0.4, 0.5) is 13.2 Å². The Morgan fingerprint density at radius 1 is 1.00 bits per heavy atom. The fourth-order valence-corrected chi connectivity index (χ4v) is 3.86. The van der Waals surface area contributed by atoms with Gasteiger partial charge in [0.15, 0.2) is 5.84 Å². The van der Waals surface area contributed by atoms with Crippen molar-refractivity contribution in [2.75, 3.05) is 7.11 Å². The zero-order valence-electron chi connectivity index (χ0n) is 17.9. The molecule has 1 N–H and O–H groups in total. The number of methoxy groups -OCH3 is 1. The molecule has 0 fully saturated rings. The molecule has 170 valence electrons. The molecular weight excluding hydrogens is 433 g/mol. The van der Waals surface area contributed by atoms with Crippen molar-refractivity contribution in [1.29, 1.82) is 0 Å². The first-order chi connectivity index (χ1) is 15.7. The van der Waals surface area contributed by atoms with E-state index in [9.17, 15) is 18.0 Å². The van der Waals surface area contributed by atoms with Gasteiger partial charge in [-0.2, -0.15) is 18.7 Å². The van der Waals surface area contributed by atoms with Crippen molar-refractivity contribution in [3.05, 3.63) is 89.5 Å². The molecule has 0 bridgehead atoms. The van der Waals surface area contributed by atoms with Gasteiger partial charge in [-0.1, -0.05) is 54.6 Å². The average Bonchev–Trinajstić information content (AvgIpc) is 2.81. The molecule has 4 rings (SSSR count). The summed E-state index contributed by atoms with van der Waals surface area (Å²) in [5.74, 6) is -1.55. The van der Waals surface area contributed by atoms with E-state index < -0.39 is 17.7 Å². The van der Waals surface area contributed by atoms with Gasteiger partial charge < -0.3 is 9.57 Å². The lowest BCUT2D eigenvalue weighted by molar-refractivity contribution is -0.203. The van der Waals surface area contributed by atoms with Crippen LogP contribution in [0.3, 0.4) is 0 Å². The molecule has 0 amide bonds. The van der Waals surface area contributed by atoms with E-state index in [4.69, 9.17) is 4.74 Å². The van der Waals surface area contributed by atoms with E-state index in [-0.39, 0.29) is 5.84 Å². The quantitative estimate of drug-likeness (QED) is 0.554. The first-order valence-corrected chi connectivity index (χ1v) is 10.2. The van der Waals surface area contributed by atoms with Crippen LogP contribution in [0.2, 0.25) is 0 Å². The molecule has 0 aromatic heterocycles. The Hall–Kier alpha value is -3.81. The van der Waals surface area contributed by atoms with Gasteiger partial charge in [-0.15, -0.1) is 0 Å². The predicted molar refractivity (Wildman–Crippen MR) is 118 cm³/mol. The van der Waals surface area contributed by atoms with E-state index in [2.05, 4.69) is 15.3 Å². The molecule has 1 aliphatic heterocycles. The highest BCUT2D eigenvalue weighted by Crippen LogP contribution is 2.37. The Balaban J connectivity index is 1.71. The third-order valence-electron chi connectivity index (χ3n) is 5.53. The zero-order valence-corrected chi connectivity index (χ0v) is 17.9. The van der Waals surface area contributed by atoms with Gasteiger partial charge >= 0.3 is 12.1 Å². The van der Waals surface area contributed by atoms with Crippen LogP contribution in [0, 0.1) is 0 Å². The average molecular weight is 454 g/mol. The third-order valence-corrected chi connectivity index (χ3v) is 5.53. The minimum Gasteiger partial charge on any atom is -0.497 e. The Bertz CT molecular complexity index is 1220. The molecular formula is C25H21F3N2O3. The second kappa shape index (κ2) is 8.61. The first kappa shape index (κ1) is 22.4. The molecule has 33 heavy (non-hydrogen) atoms. The number of hydrogen-bond acceptors (Lipinski definition) is 5. The van der Waals surface area contributed by atoms with Gasteiger partial charge in [-0.25, -0.2) is 4.79 Å². The molecule has 1 atom stereocenters. The SMILES string of the molecule is COc1cccc(-c2cccc(C3(C)Cc4ccccc4C(NOC(=O)C(F)(F)F)=N3)c2)c1. The molecule has 0 saturated carbocycles. The molecule has 5 nitrogen and oxygen atoms in total. The number of benzene rings is 3. The summed E-state index contributed by atoms with van der Waals surface area (Å²) in [6.07, 6.45) is -4.60. The zero-order chi connectivity index (χ0) is 23.6. The maximum atomic E-state index is 12.6. The highest BCUT2D eigenvalue weighted by molar-refractivity contribution is 6.01. The molecule has 1 heterocycles. The summed E-state index contributed by atoms with van der Waals surface area (Å²) in [6, 6.07) is 22.6. The smallest absolute Gasteiger partial charge is 0.493 e. The number of halogens is 3. The van der Waals surface area contributed by atoms with E-state index in [0.29, 0.717) is 12.0 Å².